The van der Waals surface area contributed by atoms with Gasteiger partial charge in [-0.2, -0.15) is 0 Å². The van der Waals surface area contributed by atoms with Crippen LogP contribution in [0.2, 0.25) is 0 Å². The molecule has 0 radical (unpaired) electrons. The van der Waals surface area contributed by atoms with Crippen LogP contribution >= 0.6 is 24.8 Å². The molecule has 0 aliphatic rings. The van der Waals surface area contributed by atoms with E-state index in [1.54, 1.807) is 0 Å². The van der Waals surface area contributed by atoms with E-state index in [9.17, 15) is 0 Å². The van der Waals surface area contributed by atoms with Crippen LogP contribution in [-0.4, -0.2) is 0 Å². The molecule has 2 atom stereocenters. The van der Waals surface area contributed by atoms with Gasteiger partial charge in [-0.3, -0.25) is 0 Å². The third-order valence-electron chi connectivity index (χ3n) is 4.70. The van der Waals surface area contributed by atoms with Crippen molar-refractivity contribution in [3.05, 3.63) is 96.1 Å². The van der Waals surface area contributed by atoms with Gasteiger partial charge in [0.15, 0.2) is 0 Å². The van der Waals surface area contributed by atoms with Crippen LogP contribution in [0.15, 0.2) is 84.9 Å². The second kappa shape index (κ2) is 8.52. The van der Waals surface area contributed by atoms with E-state index in [1.165, 1.54) is 21.5 Å². The van der Waals surface area contributed by atoms with Gasteiger partial charge in [0.2, 0.25) is 0 Å². The Kier molecular flexibility index (Phi) is 6.63. The number of benzene rings is 4. The second-order valence-electron chi connectivity index (χ2n) is 6.26. The smallest absolute Gasteiger partial charge is 0.0491 e. The van der Waals surface area contributed by atoms with E-state index in [0.29, 0.717) is 0 Å². The maximum atomic E-state index is 6.48. The predicted molar refractivity (Wildman–Crippen MR) is 116 cm³/mol. The molecule has 2 nitrogen and oxygen atoms in total. The van der Waals surface area contributed by atoms with Crippen molar-refractivity contribution in [2.24, 2.45) is 11.5 Å². The maximum absolute atomic E-state index is 6.48. The van der Waals surface area contributed by atoms with Gasteiger partial charge in [-0.1, -0.05) is 72.8 Å². The van der Waals surface area contributed by atoms with Crippen LogP contribution in [-0.2, 0) is 0 Å². The number of fused-ring (bicyclic) bond motifs is 2. The van der Waals surface area contributed by atoms with Crippen molar-refractivity contribution >= 4 is 46.4 Å². The first-order valence-corrected chi connectivity index (χ1v) is 8.21. The minimum atomic E-state index is -0.240. The molecule has 0 fully saturated rings. The summed E-state index contributed by atoms with van der Waals surface area (Å²) in [4.78, 5) is 0. The molecule has 0 bridgehead atoms. The summed E-state index contributed by atoms with van der Waals surface area (Å²) in [7, 11) is 0. The molecule has 0 aliphatic carbocycles. The third kappa shape index (κ3) is 3.84. The summed E-state index contributed by atoms with van der Waals surface area (Å²) < 4.78 is 0. The van der Waals surface area contributed by atoms with Gasteiger partial charge >= 0.3 is 0 Å². The number of hydrogen-bond donors (Lipinski definition) is 2. The molecular formula is C22H22Cl2N2. The fourth-order valence-corrected chi connectivity index (χ4v) is 3.24. The molecule has 4 rings (SSSR count). The normalized spacial score (nSPS) is 12.8. The Morgan fingerprint density at radius 3 is 1.19 bits per heavy atom. The average Bonchev–Trinajstić information content (AvgIpc) is 2.66. The molecule has 0 heterocycles. The third-order valence-corrected chi connectivity index (χ3v) is 4.70. The van der Waals surface area contributed by atoms with E-state index in [1.807, 2.05) is 24.3 Å². The first kappa shape index (κ1) is 20.2. The molecule has 134 valence electrons. The molecular weight excluding hydrogens is 363 g/mol. The molecule has 4 N–H and O–H groups in total. The van der Waals surface area contributed by atoms with Crippen molar-refractivity contribution in [3.63, 3.8) is 0 Å². The monoisotopic (exact) mass is 384 g/mol. The van der Waals surface area contributed by atoms with Gasteiger partial charge in [-0.05, 0) is 44.8 Å². The highest BCUT2D eigenvalue weighted by Crippen LogP contribution is 2.29. The summed E-state index contributed by atoms with van der Waals surface area (Å²) in [6, 6.07) is 28.8. The van der Waals surface area contributed by atoms with Gasteiger partial charge in [0.25, 0.3) is 0 Å². The van der Waals surface area contributed by atoms with E-state index < -0.39 is 0 Å². The number of nitrogens with two attached hydrogens (primary N) is 2. The maximum Gasteiger partial charge on any atom is 0.0491 e. The lowest BCUT2D eigenvalue weighted by Gasteiger charge is -2.21. The minimum Gasteiger partial charge on any atom is -0.322 e. The Bertz CT molecular complexity index is 933. The van der Waals surface area contributed by atoms with Crippen molar-refractivity contribution < 1.29 is 0 Å². The average molecular weight is 385 g/mol. The zero-order valence-electron chi connectivity index (χ0n) is 14.2. The van der Waals surface area contributed by atoms with Gasteiger partial charge in [-0.15, -0.1) is 24.8 Å². The topological polar surface area (TPSA) is 52.0 Å². The van der Waals surface area contributed by atoms with Gasteiger partial charge in [-0.25, -0.2) is 0 Å². The first-order valence-electron chi connectivity index (χ1n) is 8.21. The number of rotatable bonds is 3. The van der Waals surface area contributed by atoms with Gasteiger partial charge < -0.3 is 11.5 Å². The molecule has 0 saturated carbocycles. The van der Waals surface area contributed by atoms with Gasteiger partial charge in [0.05, 0.1) is 0 Å². The predicted octanol–water partition coefficient (Wildman–Crippen LogP) is 5.54. The van der Waals surface area contributed by atoms with Gasteiger partial charge in [0, 0.05) is 12.1 Å². The van der Waals surface area contributed by atoms with Crippen molar-refractivity contribution in [1.29, 1.82) is 0 Å². The zero-order chi connectivity index (χ0) is 16.5. The van der Waals surface area contributed by atoms with Gasteiger partial charge in [0.1, 0.15) is 0 Å². The molecule has 0 saturated heterocycles. The summed E-state index contributed by atoms with van der Waals surface area (Å²) >= 11 is 0. The Morgan fingerprint density at radius 1 is 0.462 bits per heavy atom. The molecule has 0 aliphatic heterocycles. The Balaban J connectivity index is 0.00000121. The van der Waals surface area contributed by atoms with Crippen molar-refractivity contribution in [1.82, 2.24) is 0 Å². The van der Waals surface area contributed by atoms with Crippen LogP contribution in [0.1, 0.15) is 23.2 Å². The summed E-state index contributed by atoms with van der Waals surface area (Å²) in [5, 5.41) is 4.81. The summed E-state index contributed by atoms with van der Waals surface area (Å²) in [5.74, 6) is 0. The molecule has 4 heteroatoms. The SMILES string of the molecule is Cl.Cl.N[C@@H](c1ccc2ccccc2c1)[C@@H](N)c1ccc2ccccc2c1. The standard InChI is InChI=1S/C22H20N2.2ClH/c23-21(19-11-9-15-5-1-3-7-17(15)13-19)22(24)20-12-10-16-6-2-4-8-18(16)14-20;;/h1-14,21-22H,23-24H2;2*1H/t21-,22-;;/m0../s1. The van der Waals surface area contributed by atoms with Crippen LogP contribution in [0.3, 0.4) is 0 Å². The number of hydrogen-bond acceptors (Lipinski definition) is 2. The summed E-state index contributed by atoms with van der Waals surface area (Å²) in [5.41, 5.74) is 15.1. The highest BCUT2D eigenvalue weighted by atomic mass is 35.5. The Hall–Kier alpha value is -2.10. The Morgan fingerprint density at radius 2 is 0.808 bits per heavy atom. The van der Waals surface area contributed by atoms with Crippen molar-refractivity contribution in [2.75, 3.05) is 0 Å². The molecule has 0 amide bonds. The summed E-state index contributed by atoms with van der Waals surface area (Å²) in [6.07, 6.45) is 0. The largest absolute Gasteiger partial charge is 0.322 e. The van der Waals surface area contributed by atoms with Crippen LogP contribution < -0.4 is 11.5 Å². The fraction of sp³-hybridized carbons (Fsp3) is 0.0909. The lowest BCUT2D eigenvalue weighted by Crippen LogP contribution is -2.26. The molecule has 0 aromatic heterocycles. The van der Waals surface area contributed by atoms with Crippen molar-refractivity contribution in [2.45, 2.75) is 12.1 Å². The minimum absolute atomic E-state index is 0. The second-order valence-corrected chi connectivity index (χ2v) is 6.26. The first-order chi connectivity index (χ1) is 11.7. The lowest BCUT2D eigenvalue weighted by atomic mass is 9.92. The van der Waals surface area contributed by atoms with Crippen LogP contribution in [0.5, 0.6) is 0 Å². The fourth-order valence-electron chi connectivity index (χ4n) is 3.24. The summed E-state index contributed by atoms with van der Waals surface area (Å²) in [6.45, 7) is 0. The molecule has 26 heavy (non-hydrogen) atoms. The van der Waals surface area contributed by atoms with E-state index in [4.69, 9.17) is 11.5 Å². The van der Waals surface area contributed by atoms with Crippen molar-refractivity contribution in [3.8, 4) is 0 Å². The highest BCUT2D eigenvalue weighted by molar-refractivity contribution is 5.86. The van der Waals surface area contributed by atoms with E-state index in [-0.39, 0.29) is 36.9 Å². The molecule has 4 aromatic rings. The van der Waals surface area contributed by atoms with E-state index in [0.717, 1.165) is 11.1 Å². The van der Waals surface area contributed by atoms with E-state index in [2.05, 4.69) is 60.7 Å². The van der Waals surface area contributed by atoms with Crippen LogP contribution in [0.25, 0.3) is 21.5 Å². The molecule has 4 aromatic carbocycles. The lowest BCUT2D eigenvalue weighted by molar-refractivity contribution is 0.575. The quantitative estimate of drug-likeness (QED) is 0.487. The molecule has 0 unspecified atom stereocenters. The van der Waals surface area contributed by atoms with E-state index >= 15 is 0 Å². The molecule has 0 spiro atoms. The zero-order valence-corrected chi connectivity index (χ0v) is 15.8. The highest BCUT2D eigenvalue weighted by Gasteiger charge is 2.18. The van der Waals surface area contributed by atoms with Crippen LogP contribution in [0.4, 0.5) is 0 Å². The van der Waals surface area contributed by atoms with Crippen LogP contribution in [0, 0.1) is 0 Å². The Labute approximate surface area is 166 Å². The number of halogens is 2.